The molecule has 0 spiro atoms. The third-order valence-corrected chi connectivity index (χ3v) is 5.40. The summed E-state index contributed by atoms with van der Waals surface area (Å²) < 4.78 is 37.9. The van der Waals surface area contributed by atoms with E-state index >= 15 is 0 Å². The first-order valence-corrected chi connectivity index (χ1v) is 9.10. The number of aromatic nitrogens is 2. The van der Waals surface area contributed by atoms with E-state index in [2.05, 4.69) is 14.7 Å². The van der Waals surface area contributed by atoms with Crippen LogP contribution in [0.5, 0.6) is 11.5 Å². The van der Waals surface area contributed by atoms with Crippen LogP contribution in [0.2, 0.25) is 0 Å². The van der Waals surface area contributed by atoms with Gasteiger partial charge in [0.1, 0.15) is 0 Å². The molecule has 0 unspecified atom stereocenters. The Morgan fingerprint density at radius 1 is 1.00 bits per heavy atom. The van der Waals surface area contributed by atoms with Crippen molar-refractivity contribution in [2.24, 2.45) is 0 Å². The zero-order valence-electron chi connectivity index (χ0n) is 13.0. The first kappa shape index (κ1) is 15.7. The number of fused-ring (bicyclic) bond motifs is 2. The summed E-state index contributed by atoms with van der Waals surface area (Å²) in [7, 11) is -3.67. The summed E-state index contributed by atoms with van der Waals surface area (Å²) in [6.07, 6.45) is 0.513. The standard InChI is InChI=1S/C16H15N3O5S/c20-16-18-12-3-2-11(8-13(12)19-16)25(21,22)17-6-5-10-1-4-14-15(7-10)24-9-23-14/h1-4,7-8,17H,5-6,9H2,(H2,18,19,20). The third-order valence-electron chi connectivity index (χ3n) is 3.94. The maximum Gasteiger partial charge on any atom is 0.323 e. The molecule has 130 valence electrons. The van der Waals surface area contributed by atoms with E-state index in [9.17, 15) is 13.2 Å². The molecule has 9 heteroatoms. The van der Waals surface area contributed by atoms with Gasteiger partial charge in [-0.2, -0.15) is 0 Å². The van der Waals surface area contributed by atoms with Gasteiger partial charge in [0.15, 0.2) is 11.5 Å². The van der Waals surface area contributed by atoms with Crippen molar-refractivity contribution in [1.29, 1.82) is 0 Å². The Morgan fingerprint density at radius 3 is 2.68 bits per heavy atom. The second kappa shape index (κ2) is 5.94. The van der Waals surface area contributed by atoms with E-state index in [1.807, 2.05) is 18.2 Å². The lowest BCUT2D eigenvalue weighted by atomic mass is 10.1. The maximum atomic E-state index is 12.4. The van der Waals surface area contributed by atoms with Gasteiger partial charge in [-0.15, -0.1) is 0 Å². The van der Waals surface area contributed by atoms with Crippen molar-refractivity contribution in [2.45, 2.75) is 11.3 Å². The summed E-state index contributed by atoms with van der Waals surface area (Å²) in [6.45, 7) is 0.443. The number of hydrogen-bond acceptors (Lipinski definition) is 5. The Labute approximate surface area is 142 Å². The van der Waals surface area contributed by atoms with Crippen LogP contribution >= 0.6 is 0 Å². The monoisotopic (exact) mass is 361 g/mol. The Balaban J connectivity index is 1.46. The van der Waals surface area contributed by atoms with Gasteiger partial charge in [0.25, 0.3) is 0 Å². The number of benzene rings is 2. The molecule has 0 aliphatic carbocycles. The van der Waals surface area contributed by atoms with Gasteiger partial charge < -0.3 is 19.4 Å². The molecule has 0 radical (unpaired) electrons. The van der Waals surface area contributed by atoms with E-state index in [-0.39, 0.29) is 23.9 Å². The second-order valence-electron chi connectivity index (χ2n) is 5.62. The molecule has 0 bridgehead atoms. The molecule has 1 aliphatic rings. The molecule has 0 fully saturated rings. The van der Waals surface area contributed by atoms with Gasteiger partial charge in [-0.25, -0.2) is 17.9 Å². The lowest BCUT2D eigenvalue weighted by molar-refractivity contribution is 0.174. The normalized spacial score (nSPS) is 13.4. The number of ether oxygens (including phenoxy) is 2. The van der Waals surface area contributed by atoms with Crippen molar-refractivity contribution < 1.29 is 17.9 Å². The van der Waals surface area contributed by atoms with Crippen LogP contribution in [0, 0.1) is 0 Å². The smallest absolute Gasteiger partial charge is 0.323 e. The van der Waals surface area contributed by atoms with Crippen molar-refractivity contribution in [3.63, 3.8) is 0 Å². The van der Waals surface area contributed by atoms with Crippen molar-refractivity contribution >= 4 is 21.1 Å². The molecule has 1 aromatic heterocycles. The summed E-state index contributed by atoms with van der Waals surface area (Å²) in [4.78, 5) is 16.5. The second-order valence-corrected chi connectivity index (χ2v) is 7.39. The van der Waals surface area contributed by atoms with Crippen LogP contribution in [0.3, 0.4) is 0 Å². The fraction of sp³-hybridized carbons (Fsp3) is 0.188. The molecule has 3 N–H and O–H groups in total. The minimum atomic E-state index is -3.67. The Morgan fingerprint density at radius 2 is 1.80 bits per heavy atom. The number of hydrogen-bond donors (Lipinski definition) is 3. The van der Waals surface area contributed by atoms with Crippen LogP contribution < -0.4 is 19.9 Å². The predicted molar refractivity (Wildman–Crippen MR) is 90.4 cm³/mol. The molecule has 2 heterocycles. The molecular weight excluding hydrogens is 346 g/mol. The van der Waals surface area contributed by atoms with Gasteiger partial charge in [0, 0.05) is 6.54 Å². The van der Waals surface area contributed by atoms with Gasteiger partial charge in [0.2, 0.25) is 16.8 Å². The fourth-order valence-corrected chi connectivity index (χ4v) is 3.75. The first-order valence-electron chi connectivity index (χ1n) is 7.61. The summed E-state index contributed by atoms with van der Waals surface area (Å²) in [5.41, 5.74) is 1.57. The summed E-state index contributed by atoms with van der Waals surface area (Å²) in [5, 5.41) is 0. The van der Waals surface area contributed by atoms with Gasteiger partial charge >= 0.3 is 5.69 Å². The van der Waals surface area contributed by atoms with Crippen molar-refractivity contribution in [2.75, 3.05) is 13.3 Å². The van der Waals surface area contributed by atoms with E-state index in [4.69, 9.17) is 9.47 Å². The van der Waals surface area contributed by atoms with Crippen molar-refractivity contribution in [3.05, 3.63) is 52.4 Å². The van der Waals surface area contributed by atoms with E-state index in [0.717, 1.165) is 5.56 Å². The molecule has 2 aromatic carbocycles. The average molecular weight is 361 g/mol. The summed E-state index contributed by atoms with van der Waals surface area (Å²) in [6, 6.07) is 9.96. The van der Waals surface area contributed by atoms with Crippen LogP contribution in [0.15, 0.2) is 46.1 Å². The van der Waals surface area contributed by atoms with E-state index in [0.29, 0.717) is 29.0 Å². The first-order chi connectivity index (χ1) is 12.0. The van der Waals surface area contributed by atoms with Crippen molar-refractivity contribution in [1.82, 2.24) is 14.7 Å². The zero-order chi connectivity index (χ0) is 17.4. The highest BCUT2D eigenvalue weighted by molar-refractivity contribution is 7.89. The lowest BCUT2D eigenvalue weighted by Crippen LogP contribution is -2.26. The highest BCUT2D eigenvalue weighted by Crippen LogP contribution is 2.32. The van der Waals surface area contributed by atoms with Crippen LogP contribution in [-0.4, -0.2) is 31.7 Å². The molecule has 4 rings (SSSR count). The van der Waals surface area contributed by atoms with Gasteiger partial charge in [-0.1, -0.05) is 6.07 Å². The molecular formula is C16H15N3O5S. The highest BCUT2D eigenvalue weighted by Gasteiger charge is 2.16. The SMILES string of the molecule is O=c1[nH]c2ccc(S(=O)(=O)NCCc3ccc4c(c3)OCO4)cc2[nH]1. The van der Waals surface area contributed by atoms with Crippen LogP contribution in [-0.2, 0) is 16.4 Å². The topological polar surface area (TPSA) is 113 Å². The van der Waals surface area contributed by atoms with Gasteiger partial charge in [0.05, 0.1) is 15.9 Å². The predicted octanol–water partition coefficient (Wildman–Crippen LogP) is 1.11. The van der Waals surface area contributed by atoms with E-state index in [1.165, 1.54) is 12.1 Å². The van der Waals surface area contributed by atoms with E-state index in [1.54, 1.807) is 6.07 Å². The van der Waals surface area contributed by atoms with Crippen molar-refractivity contribution in [3.8, 4) is 11.5 Å². The maximum absolute atomic E-state index is 12.4. The number of H-pyrrole nitrogens is 2. The Kier molecular flexibility index (Phi) is 3.74. The quantitative estimate of drug-likeness (QED) is 0.630. The highest BCUT2D eigenvalue weighted by atomic mass is 32.2. The molecule has 25 heavy (non-hydrogen) atoms. The number of imidazole rings is 1. The number of nitrogens with one attached hydrogen (secondary N) is 3. The molecule has 0 saturated carbocycles. The lowest BCUT2D eigenvalue weighted by Gasteiger charge is -2.07. The minimum absolute atomic E-state index is 0.0981. The molecule has 3 aromatic rings. The molecule has 0 atom stereocenters. The van der Waals surface area contributed by atoms with Crippen LogP contribution in [0.25, 0.3) is 11.0 Å². The van der Waals surface area contributed by atoms with Gasteiger partial charge in [-0.3, -0.25) is 0 Å². The van der Waals surface area contributed by atoms with Crippen LogP contribution in [0.1, 0.15) is 5.56 Å². The number of aromatic amines is 2. The number of sulfonamides is 1. The van der Waals surface area contributed by atoms with E-state index < -0.39 is 10.0 Å². The molecule has 1 aliphatic heterocycles. The largest absolute Gasteiger partial charge is 0.454 e. The summed E-state index contributed by atoms with van der Waals surface area (Å²) in [5.74, 6) is 1.36. The Hall–Kier alpha value is -2.78. The fourth-order valence-electron chi connectivity index (χ4n) is 2.69. The third kappa shape index (κ3) is 3.11. The summed E-state index contributed by atoms with van der Waals surface area (Å²) >= 11 is 0. The van der Waals surface area contributed by atoms with Gasteiger partial charge in [-0.05, 0) is 42.3 Å². The minimum Gasteiger partial charge on any atom is -0.454 e. The molecule has 8 nitrogen and oxygen atoms in total. The molecule has 0 amide bonds. The Bertz CT molecular complexity index is 1100. The van der Waals surface area contributed by atoms with Crippen LogP contribution in [0.4, 0.5) is 0 Å². The number of rotatable bonds is 5. The molecule has 0 saturated heterocycles. The zero-order valence-corrected chi connectivity index (χ0v) is 13.9. The average Bonchev–Trinajstić information content (AvgIpc) is 3.18.